The fourth-order valence-electron chi connectivity index (χ4n) is 1.79. The minimum Gasteiger partial charge on any atom is -0.387 e. The molecule has 2 aliphatic rings. The van der Waals surface area contributed by atoms with Gasteiger partial charge in [-0.2, -0.15) is 0 Å². The number of rotatable bonds is 0. The number of aliphatic hydroxyl groups excluding tert-OH is 1. The predicted octanol–water partition coefficient (Wildman–Crippen LogP) is -0.0919. The number of fused-ring (bicyclic) bond motifs is 1. The van der Waals surface area contributed by atoms with Gasteiger partial charge in [0.05, 0.1) is 12.1 Å². The molecule has 1 fully saturated rings. The van der Waals surface area contributed by atoms with E-state index in [1.165, 1.54) is 0 Å². The first-order chi connectivity index (χ1) is 5.29. The van der Waals surface area contributed by atoms with Crippen molar-refractivity contribution < 1.29 is 9.90 Å². The first kappa shape index (κ1) is 6.85. The number of carbonyl (C=O) groups is 1. The van der Waals surface area contributed by atoms with Crippen molar-refractivity contribution in [2.45, 2.75) is 25.0 Å². The molecule has 0 radical (unpaired) electrons. The summed E-state index contributed by atoms with van der Waals surface area (Å²) in [6, 6.07) is 0.0625. The summed E-state index contributed by atoms with van der Waals surface area (Å²) in [4.78, 5) is 12.9. The minimum atomic E-state index is -0.435. The number of hydrogen-bond acceptors (Lipinski definition) is 2. The summed E-state index contributed by atoms with van der Waals surface area (Å²) < 4.78 is 0. The molecule has 3 heteroatoms. The van der Waals surface area contributed by atoms with Crippen LogP contribution >= 0.6 is 0 Å². The van der Waals surface area contributed by atoms with Gasteiger partial charge in [0.1, 0.15) is 0 Å². The summed E-state index contributed by atoms with van der Waals surface area (Å²) in [5.74, 6) is 0.179. The highest BCUT2D eigenvalue weighted by Gasteiger charge is 2.35. The SMILES string of the molecule is O=C1CC[C@H]2[C@@H](O)C=CCN12. The van der Waals surface area contributed by atoms with Gasteiger partial charge in [0.15, 0.2) is 0 Å². The molecule has 0 unspecified atom stereocenters. The summed E-state index contributed by atoms with van der Waals surface area (Å²) in [5.41, 5.74) is 0. The number of nitrogens with zero attached hydrogens (tertiary/aromatic N) is 1. The summed E-state index contributed by atoms with van der Waals surface area (Å²) in [7, 11) is 0. The molecule has 1 N–H and O–H groups in total. The highest BCUT2D eigenvalue weighted by atomic mass is 16.3. The van der Waals surface area contributed by atoms with Crippen molar-refractivity contribution in [1.29, 1.82) is 0 Å². The van der Waals surface area contributed by atoms with Gasteiger partial charge in [0.2, 0.25) is 5.91 Å². The molecule has 2 atom stereocenters. The van der Waals surface area contributed by atoms with E-state index in [0.717, 1.165) is 6.42 Å². The Morgan fingerprint density at radius 2 is 2.45 bits per heavy atom. The van der Waals surface area contributed by atoms with E-state index in [2.05, 4.69) is 0 Å². The lowest BCUT2D eigenvalue weighted by Crippen LogP contribution is -2.42. The topological polar surface area (TPSA) is 40.5 Å². The minimum absolute atomic E-state index is 0.0625. The van der Waals surface area contributed by atoms with Gasteiger partial charge in [-0.3, -0.25) is 4.79 Å². The van der Waals surface area contributed by atoms with E-state index in [9.17, 15) is 9.90 Å². The fraction of sp³-hybridized carbons (Fsp3) is 0.625. The van der Waals surface area contributed by atoms with Gasteiger partial charge in [-0.05, 0) is 6.42 Å². The summed E-state index contributed by atoms with van der Waals surface area (Å²) in [5, 5.41) is 9.42. The smallest absolute Gasteiger partial charge is 0.223 e. The predicted molar refractivity (Wildman–Crippen MR) is 39.9 cm³/mol. The Labute approximate surface area is 65.3 Å². The van der Waals surface area contributed by atoms with E-state index in [1.54, 1.807) is 11.0 Å². The van der Waals surface area contributed by atoms with Crippen LogP contribution in [0.5, 0.6) is 0 Å². The van der Waals surface area contributed by atoms with Crippen LogP contribution in [-0.4, -0.2) is 34.6 Å². The van der Waals surface area contributed by atoms with E-state index in [1.807, 2.05) is 6.08 Å². The molecule has 11 heavy (non-hydrogen) atoms. The lowest BCUT2D eigenvalue weighted by molar-refractivity contribution is -0.129. The Balaban J connectivity index is 2.21. The second kappa shape index (κ2) is 2.34. The first-order valence-electron chi connectivity index (χ1n) is 3.93. The van der Waals surface area contributed by atoms with Gasteiger partial charge >= 0.3 is 0 Å². The van der Waals surface area contributed by atoms with E-state index < -0.39 is 6.10 Å². The maximum atomic E-state index is 11.1. The molecule has 0 aromatic heterocycles. The van der Waals surface area contributed by atoms with Gasteiger partial charge in [-0.15, -0.1) is 0 Å². The van der Waals surface area contributed by atoms with Crippen LogP contribution < -0.4 is 0 Å². The third-order valence-corrected chi connectivity index (χ3v) is 2.40. The molecule has 2 rings (SSSR count). The van der Waals surface area contributed by atoms with Gasteiger partial charge in [0, 0.05) is 13.0 Å². The largest absolute Gasteiger partial charge is 0.387 e. The normalized spacial score (nSPS) is 36.1. The molecule has 0 aliphatic carbocycles. The standard InChI is InChI=1S/C8H11NO2/c10-7-2-1-5-9-6(7)3-4-8(9)11/h1-2,6-7,10H,3-5H2/t6-,7-/m0/s1. The number of hydrogen-bond donors (Lipinski definition) is 1. The zero-order valence-electron chi connectivity index (χ0n) is 6.23. The number of aliphatic hydroxyl groups is 1. The van der Waals surface area contributed by atoms with Crippen LogP contribution in [0.1, 0.15) is 12.8 Å². The third-order valence-electron chi connectivity index (χ3n) is 2.40. The van der Waals surface area contributed by atoms with Crippen molar-refractivity contribution in [3.63, 3.8) is 0 Å². The van der Waals surface area contributed by atoms with E-state index in [4.69, 9.17) is 0 Å². The zero-order valence-corrected chi connectivity index (χ0v) is 6.23. The van der Waals surface area contributed by atoms with Gasteiger partial charge < -0.3 is 10.0 Å². The van der Waals surface area contributed by atoms with Gasteiger partial charge in [-0.25, -0.2) is 0 Å². The van der Waals surface area contributed by atoms with Crippen LogP contribution in [0.4, 0.5) is 0 Å². The molecule has 0 bridgehead atoms. The van der Waals surface area contributed by atoms with Crippen molar-refractivity contribution in [3.8, 4) is 0 Å². The lowest BCUT2D eigenvalue weighted by atomic mass is 10.1. The lowest BCUT2D eigenvalue weighted by Gasteiger charge is -2.29. The molecule has 0 aromatic carbocycles. The van der Waals surface area contributed by atoms with E-state index in [0.29, 0.717) is 13.0 Å². The van der Waals surface area contributed by atoms with Crippen LogP contribution in [-0.2, 0) is 4.79 Å². The number of carbonyl (C=O) groups excluding carboxylic acids is 1. The summed E-state index contributed by atoms with van der Waals surface area (Å²) >= 11 is 0. The molecular formula is C8H11NO2. The van der Waals surface area contributed by atoms with Crippen molar-refractivity contribution in [2.75, 3.05) is 6.54 Å². The molecule has 0 saturated carbocycles. The van der Waals surface area contributed by atoms with Gasteiger partial charge in [0.25, 0.3) is 0 Å². The second-order valence-corrected chi connectivity index (χ2v) is 3.07. The monoisotopic (exact) mass is 153 g/mol. The quantitative estimate of drug-likeness (QED) is 0.494. The molecule has 0 aromatic rings. The van der Waals surface area contributed by atoms with Crippen LogP contribution in [0.25, 0.3) is 0 Å². The molecular weight excluding hydrogens is 142 g/mol. The van der Waals surface area contributed by atoms with Crippen molar-refractivity contribution in [1.82, 2.24) is 4.90 Å². The second-order valence-electron chi connectivity index (χ2n) is 3.07. The Morgan fingerprint density at radius 1 is 1.64 bits per heavy atom. The number of amides is 1. The average molecular weight is 153 g/mol. The van der Waals surface area contributed by atoms with Gasteiger partial charge in [-0.1, -0.05) is 12.2 Å². The van der Waals surface area contributed by atoms with Crippen molar-refractivity contribution in [3.05, 3.63) is 12.2 Å². The van der Waals surface area contributed by atoms with E-state index >= 15 is 0 Å². The Kier molecular flexibility index (Phi) is 1.46. The molecule has 60 valence electrons. The summed E-state index contributed by atoms with van der Waals surface area (Å²) in [6.07, 6.45) is 4.60. The van der Waals surface area contributed by atoms with Crippen molar-refractivity contribution in [2.24, 2.45) is 0 Å². The van der Waals surface area contributed by atoms with Crippen molar-refractivity contribution >= 4 is 5.91 Å². The third kappa shape index (κ3) is 0.959. The zero-order chi connectivity index (χ0) is 7.84. The molecule has 2 aliphatic heterocycles. The molecule has 3 nitrogen and oxygen atoms in total. The van der Waals surface area contributed by atoms with Crippen LogP contribution in [0, 0.1) is 0 Å². The van der Waals surface area contributed by atoms with Crippen LogP contribution in [0.15, 0.2) is 12.2 Å². The average Bonchev–Trinajstić information content (AvgIpc) is 2.35. The molecule has 1 amide bonds. The fourth-order valence-corrected chi connectivity index (χ4v) is 1.79. The Morgan fingerprint density at radius 3 is 3.18 bits per heavy atom. The highest BCUT2D eigenvalue weighted by molar-refractivity contribution is 5.79. The first-order valence-corrected chi connectivity index (χ1v) is 3.93. The molecule has 2 heterocycles. The van der Waals surface area contributed by atoms with Crippen LogP contribution in [0.2, 0.25) is 0 Å². The Bertz CT molecular complexity index is 212. The maximum Gasteiger partial charge on any atom is 0.223 e. The molecule has 1 saturated heterocycles. The highest BCUT2D eigenvalue weighted by Crippen LogP contribution is 2.24. The molecule has 0 spiro atoms. The maximum absolute atomic E-state index is 11.1. The van der Waals surface area contributed by atoms with Crippen LogP contribution in [0.3, 0.4) is 0 Å². The Hall–Kier alpha value is -0.830. The summed E-state index contributed by atoms with van der Waals surface area (Å²) in [6.45, 7) is 0.681. The van der Waals surface area contributed by atoms with E-state index in [-0.39, 0.29) is 11.9 Å².